The van der Waals surface area contributed by atoms with Crippen LogP contribution in [-0.4, -0.2) is 291 Å². The predicted octanol–water partition coefficient (Wildman–Crippen LogP) is 1.43. The molecule has 0 saturated carbocycles. The van der Waals surface area contributed by atoms with Crippen molar-refractivity contribution in [2.45, 2.75) is 151 Å². The number of hydrogen-bond donors (Lipinski definition) is 9. The Bertz CT molecular complexity index is 3290. The Hall–Kier alpha value is -6.72. The SMILES string of the molecule is CCCCCS(=O)(=O)C[C@H]1CSCc2cc(CSCCCC(=O)CN3CCN(CC(=O)O)CCN(CC(=O)O)CCN(CC(=O)O)CC3)cc(c2)CSC[C@@H](C(=O)O)CC(=O)[C@H](Cc2ccccc2)NC(=O)[C@H](CCC(N)=O)NC(=O)[C@H]([C@@H](C)O)NC(=O)[C@@H]2CCCN2C(=O)[C@@H]2CCCN2C1=O. The molecule has 4 aliphatic heterocycles. The maximum atomic E-state index is 15.0. The van der Waals surface area contributed by atoms with E-state index in [-0.39, 0.29) is 139 Å². The summed E-state index contributed by atoms with van der Waals surface area (Å²) in [5.74, 6) is -11.3. The summed E-state index contributed by atoms with van der Waals surface area (Å²) in [6, 6.07) is 7.63. The van der Waals surface area contributed by atoms with Crippen LogP contribution in [0.1, 0.15) is 113 Å². The van der Waals surface area contributed by atoms with Crippen LogP contribution in [0.4, 0.5) is 0 Å². The zero-order chi connectivity index (χ0) is 74.5. The van der Waals surface area contributed by atoms with Crippen LogP contribution in [0.3, 0.4) is 0 Å². The fraction of sp³-hybridized carbons (Fsp3) is 0.652. The minimum Gasteiger partial charge on any atom is -0.481 e. The van der Waals surface area contributed by atoms with Crippen LogP contribution in [0.15, 0.2) is 48.5 Å². The number of ketones is 2. The molecule has 33 heteroatoms. The Morgan fingerprint density at radius 3 is 1.71 bits per heavy atom. The summed E-state index contributed by atoms with van der Waals surface area (Å²) < 4.78 is 27.8. The fourth-order valence-corrected chi connectivity index (χ4v) is 17.9. The molecule has 3 fully saturated rings. The molecule has 2 aromatic carbocycles. The number of carbonyl (C=O) groups excluding carboxylic acids is 8. The quantitative estimate of drug-likeness (QED) is 0.0571. The van der Waals surface area contributed by atoms with E-state index in [1.165, 1.54) is 40.2 Å². The third kappa shape index (κ3) is 29.1. The van der Waals surface area contributed by atoms with Gasteiger partial charge < -0.3 is 57.0 Å². The Labute approximate surface area is 609 Å². The summed E-state index contributed by atoms with van der Waals surface area (Å²) >= 11 is 4.16. The number of hydrogen-bond acceptors (Lipinski definition) is 22. The van der Waals surface area contributed by atoms with Crippen LogP contribution in [0.2, 0.25) is 0 Å². The van der Waals surface area contributed by atoms with Crippen LogP contribution in [-0.2, 0) is 91.1 Å². The lowest BCUT2D eigenvalue weighted by molar-refractivity contribution is -0.148. The average Bonchev–Trinajstić information content (AvgIpc) is 1.63. The van der Waals surface area contributed by atoms with E-state index in [9.17, 15) is 91.5 Å². The molecule has 566 valence electrons. The summed E-state index contributed by atoms with van der Waals surface area (Å²) in [4.78, 5) is 171. The highest BCUT2D eigenvalue weighted by Crippen LogP contribution is 2.31. The van der Waals surface area contributed by atoms with E-state index in [0.717, 1.165) is 23.1 Å². The number of nitrogens with two attached hydrogens (primary N) is 1. The molecule has 8 atom stereocenters. The monoisotopic (exact) mass is 1500 g/mol. The Morgan fingerprint density at radius 1 is 0.627 bits per heavy atom. The zero-order valence-corrected chi connectivity index (χ0v) is 61.6. The molecule has 6 rings (SSSR count). The van der Waals surface area contributed by atoms with Gasteiger partial charge in [0, 0.05) is 113 Å². The van der Waals surface area contributed by atoms with Gasteiger partial charge in [-0.2, -0.15) is 35.3 Å². The van der Waals surface area contributed by atoms with E-state index in [1.54, 1.807) is 56.8 Å². The smallest absolute Gasteiger partial charge is 0.317 e. The highest BCUT2D eigenvalue weighted by atomic mass is 32.2. The molecule has 6 amide bonds. The standard InChI is InChI=1S/C69H102N10O19S4/c1-3-4-8-30-102(97,98)45-52-44-101-42-50-32-48(40-99-29-11-14-53(81)36-74-21-23-75(37-60(84)85)25-27-77(39-62(88)89)28-26-76(24-22-74)38-61(86)87)31-49(33-50)41-100-43-51(69(95)96)35-58(82)55(34-47-12-6-5-7-13-47)72-64(90)54(17-18-59(70)83)71-66(92)63(46(2)80)73-65(91)56-15-9-19-78(56)68(94)57-16-10-20-79(57)67(52)93/h5-7,12-13,31-33,46,51-52,54-57,63,80H,3-4,8-11,14-30,34-45H2,1-2H3,(H2,70,83)(H,71,92)(H,72,90)(H,73,91)(H,84,85)(H,86,87)(H,88,89)(H,95,96)/t46-,51+,52-,54+,55+,56+,57+,63+/m1/s1. The number of Topliss-reactive ketones (excluding diaryl/α,β-unsaturated/α-hetero) is 2. The van der Waals surface area contributed by atoms with Crippen LogP contribution < -0.4 is 21.7 Å². The summed E-state index contributed by atoms with van der Waals surface area (Å²) in [5.41, 5.74) is 8.58. The molecule has 102 heavy (non-hydrogen) atoms. The topological polar surface area (TPSA) is 422 Å². The molecule has 0 spiro atoms. The molecular weight excluding hydrogens is 1400 g/mol. The minimum atomic E-state index is -3.80. The van der Waals surface area contributed by atoms with Crippen molar-refractivity contribution in [1.29, 1.82) is 0 Å². The molecule has 2 bridgehead atoms. The lowest BCUT2D eigenvalue weighted by Crippen LogP contribution is -2.61. The molecule has 4 aliphatic rings. The number of carboxylic acids is 4. The highest BCUT2D eigenvalue weighted by molar-refractivity contribution is 7.99. The van der Waals surface area contributed by atoms with Crippen LogP contribution in [0.25, 0.3) is 0 Å². The van der Waals surface area contributed by atoms with E-state index in [0.29, 0.717) is 68.0 Å². The number of sulfone groups is 1. The van der Waals surface area contributed by atoms with Gasteiger partial charge in [-0.1, -0.05) is 68.3 Å². The van der Waals surface area contributed by atoms with Crippen molar-refractivity contribution in [3.05, 3.63) is 70.8 Å². The van der Waals surface area contributed by atoms with Crippen LogP contribution in [0.5, 0.6) is 0 Å². The van der Waals surface area contributed by atoms with Crippen molar-refractivity contribution in [2.24, 2.45) is 17.6 Å². The third-order valence-corrected chi connectivity index (χ3v) is 23.7. The number of aliphatic hydroxyl groups excluding tert-OH is 1. The van der Waals surface area contributed by atoms with E-state index in [2.05, 4.69) is 16.0 Å². The fourth-order valence-electron chi connectivity index (χ4n) is 13.0. The Balaban J connectivity index is 1.27. The lowest BCUT2D eigenvalue weighted by Gasteiger charge is -2.33. The van der Waals surface area contributed by atoms with Gasteiger partial charge in [0.15, 0.2) is 15.6 Å². The molecule has 10 N–H and O–H groups in total. The Morgan fingerprint density at radius 2 is 1.17 bits per heavy atom. The number of rotatable bonds is 27. The molecule has 29 nitrogen and oxygen atoms in total. The number of nitrogens with zero attached hydrogens (tertiary/aromatic N) is 6. The predicted molar refractivity (Wildman–Crippen MR) is 386 cm³/mol. The number of aliphatic carboxylic acids is 4. The number of amides is 6. The van der Waals surface area contributed by atoms with Crippen molar-refractivity contribution in [2.75, 3.05) is 120 Å². The maximum Gasteiger partial charge on any atom is 0.317 e. The number of carboxylic acid groups (broad SMARTS) is 4. The van der Waals surface area contributed by atoms with E-state index in [1.807, 2.05) is 30.0 Å². The first-order valence-corrected chi connectivity index (χ1v) is 40.3. The summed E-state index contributed by atoms with van der Waals surface area (Å²) in [6.07, 6.45) is 0.619. The van der Waals surface area contributed by atoms with Gasteiger partial charge in [-0.25, -0.2) is 8.42 Å². The van der Waals surface area contributed by atoms with Crippen LogP contribution in [0, 0.1) is 11.8 Å². The van der Waals surface area contributed by atoms with Gasteiger partial charge in [0.1, 0.15) is 30.0 Å². The maximum absolute atomic E-state index is 15.0. The molecule has 3 saturated heterocycles. The van der Waals surface area contributed by atoms with E-state index in [4.69, 9.17) is 5.73 Å². The number of primary amides is 1. The van der Waals surface area contributed by atoms with Crippen molar-refractivity contribution >= 4 is 116 Å². The molecule has 0 radical (unpaired) electrons. The average molecular weight is 1500 g/mol. The van der Waals surface area contributed by atoms with Gasteiger partial charge in [0.25, 0.3) is 0 Å². The van der Waals surface area contributed by atoms with E-state index < -0.39 is 142 Å². The first kappa shape index (κ1) is 84.2. The highest BCUT2D eigenvalue weighted by Gasteiger charge is 2.45. The minimum absolute atomic E-state index is 0.0285. The first-order chi connectivity index (χ1) is 48.6. The second-order valence-corrected chi connectivity index (χ2v) is 32.2. The number of nitrogens with one attached hydrogen (secondary N) is 3. The zero-order valence-electron chi connectivity index (χ0n) is 58.3. The summed E-state index contributed by atoms with van der Waals surface area (Å²) in [7, 11) is -3.80. The molecule has 0 unspecified atom stereocenters. The second-order valence-electron chi connectivity index (χ2n) is 26.8. The second kappa shape index (κ2) is 42.9. The van der Waals surface area contributed by atoms with Crippen molar-refractivity contribution in [3.8, 4) is 0 Å². The number of carbonyl (C=O) groups is 12. The summed E-state index contributed by atoms with van der Waals surface area (Å²) in [5, 5.41) is 58.3. The third-order valence-electron chi connectivity index (χ3n) is 18.4. The van der Waals surface area contributed by atoms with Gasteiger partial charge in [0.05, 0.1) is 61.7 Å². The molecule has 0 aliphatic carbocycles. The van der Waals surface area contributed by atoms with Gasteiger partial charge in [-0.05, 0) is 86.3 Å². The Kier molecular flexibility index (Phi) is 35.4. The van der Waals surface area contributed by atoms with Crippen LogP contribution >= 0.6 is 35.3 Å². The molecule has 2 aromatic rings. The lowest BCUT2D eigenvalue weighted by atomic mass is 9.95. The van der Waals surface area contributed by atoms with Gasteiger partial charge in [-0.3, -0.25) is 77.1 Å². The number of fused-ring (bicyclic) bond motifs is 4. The first-order valence-electron chi connectivity index (χ1n) is 35.0. The summed E-state index contributed by atoms with van der Waals surface area (Å²) in [6.45, 7) is 4.58. The van der Waals surface area contributed by atoms with E-state index >= 15 is 0 Å². The number of thioether (sulfide) groups is 3. The normalized spacial score (nSPS) is 23.6. The van der Waals surface area contributed by atoms with Gasteiger partial charge in [0.2, 0.25) is 35.4 Å². The molecular formula is C69H102N10O19S4. The van der Waals surface area contributed by atoms with Crippen molar-refractivity contribution < 1.29 is 91.5 Å². The molecule has 0 aromatic heterocycles. The number of benzene rings is 2. The van der Waals surface area contributed by atoms with Gasteiger partial charge >= 0.3 is 23.9 Å². The number of aliphatic hydroxyl groups is 1. The number of unbranched alkanes of at least 4 members (excludes halogenated alkanes) is 2. The van der Waals surface area contributed by atoms with Crippen molar-refractivity contribution in [3.63, 3.8) is 0 Å². The largest absolute Gasteiger partial charge is 0.481 e. The molecule has 4 heterocycles. The van der Waals surface area contributed by atoms with Crippen molar-refractivity contribution in [1.82, 2.24) is 45.3 Å². The van der Waals surface area contributed by atoms with Gasteiger partial charge in [-0.15, -0.1) is 0 Å².